The van der Waals surface area contributed by atoms with Crippen molar-refractivity contribution in [1.82, 2.24) is 5.06 Å². The van der Waals surface area contributed by atoms with Crippen molar-refractivity contribution < 1.29 is 29.0 Å². The molecule has 7 nitrogen and oxygen atoms in total. The molecule has 0 aromatic heterocycles. The number of nitrogens with zero attached hydrogens (tertiary/aromatic N) is 1. The summed E-state index contributed by atoms with van der Waals surface area (Å²) >= 11 is 0. The first kappa shape index (κ1) is 19.8. The number of amides is 1. The van der Waals surface area contributed by atoms with Crippen LogP contribution in [0.1, 0.15) is 31.7 Å². The zero-order valence-electron chi connectivity index (χ0n) is 14.4. The molecular formula is C17H25NO6. The monoisotopic (exact) mass is 339 g/mol. The largest absolute Gasteiger partial charge is 0.497 e. The van der Waals surface area contributed by atoms with E-state index in [1.54, 1.807) is 25.3 Å². The molecular weight excluding hydrogens is 314 g/mol. The number of carbonyl (C=O) groups is 2. The second-order valence-corrected chi connectivity index (χ2v) is 5.33. The first-order valence-electron chi connectivity index (χ1n) is 7.84. The highest BCUT2D eigenvalue weighted by Gasteiger charge is 2.21. The summed E-state index contributed by atoms with van der Waals surface area (Å²) < 4.78 is 10.4. The van der Waals surface area contributed by atoms with E-state index in [4.69, 9.17) is 14.3 Å². The van der Waals surface area contributed by atoms with E-state index in [1.807, 2.05) is 6.92 Å². The Kier molecular flexibility index (Phi) is 8.64. The fourth-order valence-electron chi connectivity index (χ4n) is 2.21. The van der Waals surface area contributed by atoms with Crippen LogP contribution in [0.5, 0.6) is 11.5 Å². The van der Waals surface area contributed by atoms with Gasteiger partial charge in [0.2, 0.25) is 6.41 Å². The van der Waals surface area contributed by atoms with Gasteiger partial charge in [0.25, 0.3) is 0 Å². The molecule has 0 bridgehead atoms. The molecule has 0 saturated heterocycles. The number of ether oxygens (including phenoxy) is 2. The van der Waals surface area contributed by atoms with Crippen LogP contribution < -0.4 is 9.47 Å². The number of carboxylic acids is 1. The van der Waals surface area contributed by atoms with Crippen molar-refractivity contribution in [3.63, 3.8) is 0 Å². The SMILES string of the molecule is CCCC[C@H](CN(C=O)OCc1ccc(OC)cc1OC)C(=O)O. The molecule has 0 fully saturated rings. The van der Waals surface area contributed by atoms with Gasteiger partial charge in [0.15, 0.2) is 0 Å². The van der Waals surface area contributed by atoms with Gasteiger partial charge in [-0.15, -0.1) is 0 Å². The second-order valence-electron chi connectivity index (χ2n) is 5.33. The van der Waals surface area contributed by atoms with Gasteiger partial charge in [-0.2, -0.15) is 0 Å². The average Bonchev–Trinajstić information content (AvgIpc) is 2.60. The van der Waals surface area contributed by atoms with Crippen LogP contribution in [0.3, 0.4) is 0 Å². The van der Waals surface area contributed by atoms with Crippen molar-refractivity contribution in [2.45, 2.75) is 32.8 Å². The molecule has 0 spiro atoms. The van der Waals surface area contributed by atoms with E-state index in [0.717, 1.165) is 23.5 Å². The smallest absolute Gasteiger partial charge is 0.308 e. The van der Waals surface area contributed by atoms with Crippen LogP contribution in [0.4, 0.5) is 0 Å². The molecule has 0 unspecified atom stereocenters. The number of benzene rings is 1. The van der Waals surface area contributed by atoms with Crippen LogP contribution in [0.2, 0.25) is 0 Å². The lowest BCUT2D eigenvalue weighted by Gasteiger charge is -2.21. The van der Waals surface area contributed by atoms with Gasteiger partial charge in [-0.05, 0) is 18.6 Å². The van der Waals surface area contributed by atoms with E-state index in [9.17, 15) is 14.7 Å². The van der Waals surface area contributed by atoms with Crippen molar-refractivity contribution in [1.29, 1.82) is 0 Å². The van der Waals surface area contributed by atoms with Crippen molar-refractivity contribution >= 4 is 12.4 Å². The molecule has 0 saturated carbocycles. The van der Waals surface area contributed by atoms with Crippen LogP contribution in [0, 0.1) is 5.92 Å². The Hall–Kier alpha value is -2.28. The minimum Gasteiger partial charge on any atom is -0.497 e. The average molecular weight is 339 g/mol. The van der Waals surface area contributed by atoms with Crippen molar-refractivity contribution in [2.75, 3.05) is 20.8 Å². The molecule has 0 aliphatic rings. The zero-order valence-corrected chi connectivity index (χ0v) is 14.4. The second kappa shape index (κ2) is 10.5. The lowest BCUT2D eigenvalue weighted by Crippen LogP contribution is -2.32. The lowest BCUT2D eigenvalue weighted by molar-refractivity contribution is -0.184. The van der Waals surface area contributed by atoms with Gasteiger partial charge in [-0.1, -0.05) is 19.8 Å². The Balaban J connectivity index is 2.68. The minimum atomic E-state index is -0.930. The number of carbonyl (C=O) groups excluding carboxylic acids is 1. The van der Waals surface area contributed by atoms with Crippen LogP contribution in [0.25, 0.3) is 0 Å². The Bertz CT molecular complexity index is 534. The number of hydrogen-bond donors (Lipinski definition) is 1. The Morgan fingerprint density at radius 2 is 2.08 bits per heavy atom. The summed E-state index contributed by atoms with van der Waals surface area (Å²) in [4.78, 5) is 27.9. The zero-order chi connectivity index (χ0) is 17.9. The van der Waals surface area contributed by atoms with E-state index in [0.29, 0.717) is 24.3 Å². The molecule has 1 N–H and O–H groups in total. The number of methoxy groups -OCH3 is 2. The standard InChI is InChI=1S/C17H25NO6/c1-4-5-6-13(17(20)21)10-18(12-19)24-11-14-7-8-15(22-2)9-16(14)23-3/h7-9,12-13H,4-6,10-11H2,1-3H3,(H,20,21)/t13-/m1/s1. The molecule has 1 atom stereocenters. The molecule has 0 aliphatic heterocycles. The molecule has 7 heteroatoms. The minimum absolute atomic E-state index is 0.0112. The van der Waals surface area contributed by atoms with Gasteiger partial charge in [0.1, 0.15) is 18.1 Å². The Labute approximate surface area is 142 Å². The van der Waals surface area contributed by atoms with Crippen LogP contribution in [-0.4, -0.2) is 43.3 Å². The molecule has 24 heavy (non-hydrogen) atoms. The van der Waals surface area contributed by atoms with Gasteiger partial charge in [0.05, 0.1) is 26.7 Å². The summed E-state index contributed by atoms with van der Waals surface area (Å²) in [6.07, 6.45) is 2.69. The predicted octanol–water partition coefficient (Wildman–Crippen LogP) is 2.48. The molecule has 1 aromatic rings. The van der Waals surface area contributed by atoms with Gasteiger partial charge < -0.3 is 14.6 Å². The van der Waals surface area contributed by atoms with Gasteiger partial charge >= 0.3 is 5.97 Å². The molecule has 0 heterocycles. The van der Waals surface area contributed by atoms with Gasteiger partial charge in [-0.25, -0.2) is 5.06 Å². The van der Waals surface area contributed by atoms with E-state index in [1.165, 1.54) is 7.11 Å². The van der Waals surface area contributed by atoms with E-state index < -0.39 is 11.9 Å². The maximum absolute atomic E-state index is 11.3. The summed E-state index contributed by atoms with van der Waals surface area (Å²) in [5.74, 6) is -0.358. The fraction of sp³-hybridized carbons (Fsp3) is 0.529. The van der Waals surface area contributed by atoms with Crippen molar-refractivity contribution in [3.8, 4) is 11.5 Å². The van der Waals surface area contributed by atoms with Crippen LogP contribution >= 0.6 is 0 Å². The first-order chi connectivity index (χ1) is 11.5. The molecule has 1 rings (SSSR count). The Morgan fingerprint density at radius 3 is 2.62 bits per heavy atom. The topological polar surface area (TPSA) is 85.3 Å². The first-order valence-corrected chi connectivity index (χ1v) is 7.84. The number of aliphatic carboxylic acids is 1. The van der Waals surface area contributed by atoms with E-state index in [-0.39, 0.29) is 13.2 Å². The van der Waals surface area contributed by atoms with Crippen LogP contribution in [-0.2, 0) is 21.0 Å². The summed E-state index contributed by atoms with van der Waals surface area (Å²) in [5.41, 5.74) is 0.727. The van der Waals surface area contributed by atoms with Crippen molar-refractivity contribution in [3.05, 3.63) is 23.8 Å². The van der Waals surface area contributed by atoms with E-state index in [2.05, 4.69) is 0 Å². The molecule has 1 aromatic carbocycles. The number of unbranched alkanes of at least 4 members (excludes halogenated alkanes) is 1. The summed E-state index contributed by atoms with van der Waals surface area (Å²) in [6, 6.07) is 5.24. The third-order valence-corrected chi connectivity index (χ3v) is 3.65. The van der Waals surface area contributed by atoms with Crippen molar-refractivity contribution in [2.24, 2.45) is 5.92 Å². The quantitative estimate of drug-likeness (QED) is 0.465. The van der Waals surface area contributed by atoms with Gasteiger partial charge in [-0.3, -0.25) is 14.4 Å². The number of hydrogen-bond acceptors (Lipinski definition) is 5. The summed E-state index contributed by atoms with van der Waals surface area (Å²) in [7, 11) is 3.09. The summed E-state index contributed by atoms with van der Waals surface area (Å²) in [5, 5.41) is 10.3. The molecule has 134 valence electrons. The number of hydroxylamine groups is 2. The highest BCUT2D eigenvalue weighted by atomic mass is 16.7. The highest BCUT2D eigenvalue weighted by molar-refractivity contribution is 5.70. The Morgan fingerprint density at radius 1 is 1.33 bits per heavy atom. The highest BCUT2D eigenvalue weighted by Crippen LogP contribution is 2.25. The lowest BCUT2D eigenvalue weighted by atomic mass is 10.0. The predicted molar refractivity (Wildman–Crippen MR) is 87.8 cm³/mol. The normalized spacial score (nSPS) is 11.6. The fourth-order valence-corrected chi connectivity index (χ4v) is 2.21. The number of carboxylic acid groups (broad SMARTS) is 1. The summed E-state index contributed by atoms with van der Waals surface area (Å²) in [6.45, 7) is 2.09. The maximum atomic E-state index is 11.3. The maximum Gasteiger partial charge on any atom is 0.308 e. The molecule has 0 radical (unpaired) electrons. The molecule has 0 aliphatic carbocycles. The van der Waals surface area contributed by atoms with E-state index >= 15 is 0 Å². The molecule has 1 amide bonds. The van der Waals surface area contributed by atoms with Gasteiger partial charge in [0, 0.05) is 11.6 Å². The van der Waals surface area contributed by atoms with Crippen LogP contribution in [0.15, 0.2) is 18.2 Å². The third kappa shape index (κ3) is 6.08. The number of rotatable bonds is 12. The third-order valence-electron chi connectivity index (χ3n) is 3.65.